The van der Waals surface area contributed by atoms with E-state index in [0.29, 0.717) is 4.47 Å². The third-order valence-corrected chi connectivity index (χ3v) is 4.34. The van der Waals surface area contributed by atoms with Crippen molar-refractivity contribution < 1.29 is 9.90 Å². The molecule has 0 bridgehead atoms. The summed E-state index contributed by atoms with van der Waals surface area (Å²) in [7, 11) is 0. The van der Waals surface area contributed by atoms with Gasteiger partial charge in [-0.1, -0.05) is 0 Å². The average molecular weight is 341 g/mol. The number of halogens is 1. The lowest BCUT2D eigenvalue weighted by Crippen LogP contribution is -1.97. The maximum Gasteiger partial charge on any atom is 0.336 e. The highest BCUT2D eigenvalue weighted by molar-refractivity contribution is 9.10. The van der Waals surface area contributed by atoms with E-state index < -0.39 is 5.97 Å². The van der Waals surface area contributed by atoms with E-state index in [-0.39, 0.29) is 5.56 Å². The molecule has 0 aliphatic heterocycles. The second-order valence-electron chi connectivity index (χ2n) is 3.94. The van der Waals surface area contributed by atoms with Gasteiger partial charge in [0.05, 0.1) is 11.8 Å². The maximum atomic E-state index is 11.0. The summed E-state index contributed by atoms with van der Waals surface area (Å²) >= 11 is 4.84. The van der Waals surface area contributed by atoms with Gasteiger partial charge in [-0.15, -0.1) is 11.8 Å². The molecule has 1 aromatic heterocycles. The van der Waals surface area contributed by atoms with E-state index in [1.807, 2.05) is 30.1 Å². The monoisotopic (exact) mass is 340 g/mol. The Bertz CT molecular complexity index is 598. The second-order valence-corrected chi connectivity index (χ2v) is 5.84. The summed E-state index contributed by atoms with van der Waals surface area (Å²) in [6, 6.07) is 5.36. The van der Waals surface area contributed by atoms with Crippen LogP contribution in [0.2, 0.25) is 0 Å². The predicted octanol–water partition coefficient (Wildman–Crippen LogP) is 3.66. The zero-order valence-electron chi connectivity index (χ0n) is 10.3. The SMILES string of the molecule is CCn1cc(CSc2ccc(Br)c(C(=O)O)c2)cn1. The highest BCUT2D eigenvalue weighted by atomic mass is 79.9. The summed E-state index contributed by atoms with van der Waals surface area (Å²) in [6.07, 6.45) is 3.84. The Hall–Kier alpha value is -1.27. The van der Waals surface area contributed by atoms with Crippen molar-refractivity contribution in [1.29, 1.82) is 0 Å². The molecule has 6 heteroatoms. The molecule has 0 radical (unpaired) electrons. The Balaban J connectivity index is 2.07. The molecule has 0 aliphatic carbocycles. The van der Waals surface area contributed by atoms with E-state index in [9.17, 15) is 4.79 Å². The first kappa shape index (κ1) is 14.1. The highest BCUT2D eigenvalue weighted by Crippen LogP contribution is 2.27. The van der Waals surface area contributed by atoms with E-state index in [2.05, 4.69) is 21.0 Å². The zero-order valence-corrected chi connectivity index (χ0v) is 12.7. The third-order valence-electron chi connectivity index (χ3n) is 2.58. The van der Waals surface area contributed by atoms with Crippen LogP contribution in [0.25, 0.3) is 0 Å². The summed E-state index contributed by atoms with van der Waals surface area (Å²) in [5.41, 5.74) is 1.42. The van der Waals surface area contributed by atoms with Crippen LogP contribution in [0.1, 0.15) is 22.8 Å². The van der Waals surface area contributed by atoms with E-state index >= 15 is 0 Å². The van der Waals surface area contributed by atoms with Crippen molar-refractivity contribution in [2.24, 2.45) is 0 Å². The number of hydrogen-bond acceptors (Lipinski definition) is 3. The van der Waals surface area contributed by atoms with Crippen molar-refractivity contribution in [3.63, 3.8) is 0 Å². The fraction of sp³-hybridized carbons (Fsp3) is 0.231. The van der Waals surface area contributed by atoms with Gasteiger partial charge in [-0.3, -0.25) is 4.68 Å². The number of rotatable bonds is 5. The van der Waals surface area contributed by atoms with Crippen molar-refractivity contribution in [2.45, 2.75) is 24.1 Å². The number of nitrogens with zero attached hydrogens (tertiary/aromatic N) is 2. The van der Waals surface area contributed by atoms with Gasteiger partial charge in [0, 0.05) is 33.4 Å². The first-order chi connectivity index (χ1) is 9.10. The van der Waals surface area contributed by atoms with E-state index in [0.717, 1.165) is 22.8 Å². The van der Waals surface area contributed by atoms with Crippen molar-refractivity contribution in [1.82, 2.24) is 9.78 Å². The molecular weight excluding hydrogens is 328 g/mol. The quantitative estimate of drug-likeness (QED) is 0.844. The molecule has 0 fully saturated rings. The Kier molecular flexibility index (Phi) is 4.66. The summed E-state index contributed by atoms with van der Waals surface area (Å²) in [5, 5.41) is 13.3. The zero-order chi connectivity index (χ0) is 13.8. The summed E-state index contributed by atoms with van der Waals surface area (Å²) in [4.78, 5) is 12.0. The van der Waals surface area contributed by atoms with Crippen LogP contribution in [0.15, 0.2) is 40.0 Å². The molecule has 1 N–H and O–H groups in total. The maximum absolute atomic E-state index is 11.0. The lowest BCUT2D eigenvalue weighted by molar-refractivity contribution is 0.0695. The highest BCUT2D eigenvalue weighted by Gasteiger charge is 2.09. The topological polar surface area (TPSA) is 55.1 Å². The summed E-state index contributed by atoms with van der Waals surface area (Å²) in [6.45, 7) is 2.89. The normalized spacial score (nSPS) is 10.6. The second kappa shape index (κ2) is 6.25. The Morgan fingerprint density at radius 3 is 2.95 bits per heavy atom. The molecule has 19 heavy (non-hydrogen) atoms. The lowest BCUT2D eigenvalue weighted by Gasteiger charge is -2.03. The van der Waals surface area contributed by atoms with E-state index in [1.54, 1.807) is 23.9 Å². The number of thioether (sulfide) groups is 1. The Morgan fingerprint density at radius 2 is 2.32 bits per heavy atom. The predicted molar refractivity (Wildman–Crippen MR) is 78.6 cm³/mol. The molecule has 2 rings (SSSR count). The fourth-order valence-electron chi connectivity index (χ4n) is 1.58. The molecule has 0 amide bonds. The van der Waals surface area contributed by atoms with Crippen LogP contribution in [0.3, 0.4) is 0 Å². The molecule has 4 nitrogen and oxygen atoms in total. The molecule has 0 aliphatic rings. The number of carboxylic acids is 1. The van der Waals surface area contributed by atoms with E-state index in [1.165, 1.54) is 0 Å². The van der Waals surface area contributed by atoms with Gasteiger partial charge in [-0.05, 0) is 41.1 Å². The number of aromatic carboxylic acids is 1. The Morgan fingerprint density at radius 1 is 1.53 bits per heavy atom. The molecule has 0 spiro atoms. The lowest BCUT2D eigenvalue weighted by atomic mass is 10.2. The summed E-state index contributed by atoms with van der Waals surface area (Å²) in [5.74, 6) is -0.145. The van der Waals surface area contributed by atoms with Crippen LogP contribution in [-0.4, -0.2) is 20.9 Å². The molecule has 0 atom stereocenters. The number of benzene rings is 1. The average Bonchev–Trinajstić information content (AvgIpc) is 2.85. The minimum atomic E-state index is -0.923. The van der Waals surface area contributed by atoms with Crippen LogP contribution in [0, 0.1) is 0 Å². The van der Waals surface area contributed by atoms with Gasteiger partial charge in [0.2, 0.25) is 0 Å². The Labute approximate surface area is 124 Å². The van der Waals surface area contributed by atoms with Crippen molar-refractivity contribution >= 4 is 33.7 Å². The number of aromatic nitrogens is 2. The van der Waals surface area contributed by atoms with Crippen LogP contribution >= 0.6 is 27.7 Å². The number of aryl methyl sites for hydroxylation is 1. The number of carboxylic acid groups (broad SMARTS) is 1. The molecule has 1 aromatic carbocycles. The van der Waals surface area contributed by atoms with Crippen LogP contribution in [-0.2, 0) is 12.3 Å². The number of carbonyl (C=O) groups is 1. The van der Waals surface area contributed by atoms with E-state index in [4.69, 9.17) is 5.11 Å². The smallest absolute Gasteiger partial charge is 0.336 e. The van der Waals surface area contributed by atoms with Crippen molar-refractivity contribution in [3.8, 4) is 0 Å². The first-order valence-corrected chi connectivity index (χ1v) is 7.55. The largest absolute Gasteiger partial charge is 0.478 e. The molecular formula is C13H13BrN2O2S. The van der Waals surface area contributed by atoms with Gasteiger partial charge in [0.25, 0.3) is 0 Å². The van der Waals surface area contributed by atoms with Gasteiger partial charge in [0.15, 0.2) is 0 Å². The van der Waals surface area contributed by atoms with Crippen LogP contribution in [0.5, 0.6) is 0 Å². The molecule has 100 valence electrons. The van der Waals surface area contributed by atoms with Gasteiger partial charge < -0.3 is 5.11 Å². The fourth-order valence-corrected chi connectivity index (χ4v) is 2.84. The molecule has 0 saturated carbocycles. The minimum Gasteiger partial charge on any atom is -0.478 e. The van der Waals surface area contributed by atoms with Crippen LogP contribution < -0.4 is 0 Å². The molecule has 0 saturated heterocycles. The van der Waals surface area contributed by atoms with Gasteiger partial charge >= 0.3 is 5.97 Å². The standard InChI is InChI=1S/C13H13BrN2O2S/c1-2-16-7-9(6-15-16)8-19-10-3-4-12(14)11(5-10)13(17)18/h3-7H,2,8H2,1H3,(H,17,18). The van der Waals surface area contributed by atoms with Gasteiger partial charge in [0.1, 0.15) is 0 Å². The van der Waals surface area contributed by atoms with Crippen molar-refractivity contribution in [2.75, 3.05) is 0 Å². The summed E-state index contributed by atoms with van der Waals surface area (Å²) < 4.78 is 2.48. The van der Waals surface area contributed by atoms with Gasteiger partial charge in [-0.25, -0.2) is 4.79 Å². The molecule has 2 aromatic rings. The minimum absolute atomic E-state index is 0.286. The number of hydrogen-bond donors (Lipinski definition) is 1. The third kappa shape index (κ3) is 3.61. The molecule has 1 heterocycles. The van der Waals surface area contributed by atoms with Gasteiger partial charge in [-0.2, -0.15) is 5.10 Å². The van der Waals surface area contributed by atoms with Crippen molar-refractivity contribution in [3.05, 3.63) is 46.2 Å². The first-order valence-electron chi connectivity index (χ1n) is 5.77. The van der Waals surface area contributed by atoms with Crippen LogP contribution in [0.4, 0.5) is 0 Å². The molecule has 0 unspecified atom stereocenters.